The monoisotopic (exact) mass is 342 g/mol. The van der Waals surface area contributed by atoms with E-state index in [1.807, 2.05) is 7.11 Å². The van der Waals surface area contributed by atoms with Gasteiger partial charge in [-0.05, 0) is 25.2 Å². The molecule has 0 aromatic carbocycles. The number of methoxy groups -OCH3 is 2. The topological polar surface area (TPSA) is 35.5 Å². The first-order valence-corrected chi connectivity index (χ1v) is 10.2. The minimum absolute atomic E-state index is 0.0792. The van der Waals surface area contributed by atoms with Crippen molar-refractivity contribution in [1.82, 2.24) is 0 Å². The van der Waals surface area contributed by atoms with Crippen molar-refractivity contribution in [3.05, 3.63) is 0 Å². The molecule has 0 rings (SSSR count). The first kappa shape index (κ1) is 23.4. The molecule has 3 heteroatoms. The van der Waals surface area contributed by atoms with E-state index < -0.39 is 0 Å². The summed E-state index contributed by atoms with van der Waals surface area (Å²) in [6.45, 7) is 4.61. The predicted octanol–water partition coefficient (Wildman–Crippen LogP) is 6.29. The third-order valence-electron chi connectivity index (χ3n) is 5.05. The molecule has 2 atom stereocenters. The number of carbonyl (C=O) groups is 1. The average molecular weight is 343 g/mol. The largest absolute Gasteiger partial charge is 0.469 e. The summed E-state index contributed by atoms with van der Waals surface area (Å²) in [4.78, 5) is 11.0. The zero-order chi connectivity index (χ0) is 18.0. The van der Waals surface area contributed by atoms with E-state index in [2.05, 4.69) is 18.6 Å². The third-order valence-corrected chi connectivity index (χ3v) is 5.05. The lowest BCUT2D eigenvalue weighted by Crippen LogP contribution is -2.20. The molecule has 0 aromatic rings. The molecule has 3 nitrogen and oxygen atoms in total. The Labute approximate surface area is 150 Å². The van der Waals surface area contributed by atoms with Gasteiger partial charge in [-0.15, -0.1) is 0 Å². The smallest absolute Gasteiger partial charge is 0.305 e. The lowest BCUT2D eigenvalue weighted by Gasteiger charge is -2.22. The Balaban J connectivity index is 3.50. The molecule has 0 aliphatic rings. The molecule has 0 radical (unpaired) electrons. The van der Waals surface area contributed by atoms with Crippen LogP contribution in [0.5, 0.6) is 0 Å². The lowest BCUT2D eigenvalue weighted by molar-refractivity contribution is -0.140. The van der Waals surface area contributed by atoms with Crippen LogP contribution in [0.1, 0.15) is 104 Å². The van der Waals surface area contributed by atoms with Crippen molar-refractivity contribution in [2.45, 2.75) is 110 Å². The summed E-state index contributed by atoms with van der Waals surface area (Å²) in [5.41, 5.74) is 0. The molecule has 0 heterocycles. The van der Waals surface area contributed by atoms with Crippen LogP contribution >= 0.6 is 0 Å². The summed E-state index contributed by atoms with van der Waals surface area (Å²) >= 11 is 0. The number of esters is 1. The number of carbonyl (C=O) groups excluding carboxylic acids is 1. The van der Waals surface area contributed by atoms with Gasteiger partial charge in [0.15, 0.2) is 0 Å². The Morgan fingerprint density at radius 2 is 1.33 bits per heavy atom. The van der Waals surface area contributed by atoms with Gasteiger partial charge >= 0.3 is 5.97 Å². The Morgan fingerprint density at radius 3 is 1.92 bits per heavy atom. The van der Waals surface area contributed by atoms with Gasteiger partial charge in [0.05, 0.1) is 13.2 Å². The van der Waals surface area contributed by atoms with Crippen LogP contribution in [-0.4, -0.2) is 26.3 Å². The van der Waals surface area contributed by atoms with E-state index in [0.29, 0.717) is 18.4 Å². The summed E-state index contributed by atoms with van der Waals surface area (Å²) in [6.07, 6.45) is 17.4. The standard InChI is InChI=1S/C21H42O3/c1-5-6-7-13-16-19(2)20(23-3)17-14-11-9-8-10-12-15-18-21(22)24-4/h19-20H,5-18H2,1-4H3/t19-,20-/m0/s1. The van der Waals surface area contributed by atoms with E-state index in [4.69, 9.17) is 4.74 Å². The summed E-state index contributed by atoms with van der Waals surface area (Å²) < 4.78 is 10.4. The van der Waals surface area contributed by atoms with E-state index >= 15 is 0 Å². The van der Waals surface area contributed by atoms with Crippen LogP contribution in [0.15, 0.2) is 0 Å². The maximum absolute atomic E-state index is 11.0. The molecule has 0 saturated heterocycles. The van der Waals surface area contributed by atoms with Crippen LogP contribution in [-0.2, 0) is 14.3 Å². The van der Waals surface area contributed by atoms with Crippen molar-refractivity contribution >= 4 is 5.97 Å². The Morgan fingerprint density at radius 1 is 0.792 bits per heavy atom. The Bertz CT molecular complexity index is 278. The second kappa shape index (κ2) is 17.3. The van der Waals surface area contributed by atoms with Gasteiger partial charge in [0, 0.05) is 13.5 Å². The Kier molecular flexibility index (Phi) is 16.8. The average Bonchev–Trinajstić information content (AvgIpc) is 2.60. The van der Waals surface area contributed by atoms with E-state index in [-0.39, 0.29) is 5.97 Å². The molecule has 0 bridgehead atoms. The first-order chi connectivity index (χ1) is 11.7. The molecule has 0 spiro atoms. The van der Waals surface area contributed by atoms with Crippen LogP contribution < -0.4 is 0 Å². The molecule has 0 unspecified atom stereocenters. The molecule has 0 amide bonds. The normalized spacial score (nSPS) is 13.7. The van der Waals surface area contributed by atoms with Gasteiger partial charge in [-0.3, -0.25) is 4.79 Å². The van der Waals surface area contributed by atoms with Crippen LogP contribution in [0.4, 0.5) is 0 Å². The third kappa shape index (κ3) is 13.8. The first-order valence-electron chi connectivity index (χ1n) is 10.2. The number of hydrogen-bond acceptors (Lipinski definition) is 3. The van der Waals surface area contributed by atoms with Crippen LogP contribution in [0.3, 0.4) is 0 Å². The molecule has 0 fully saturated rings. The summed E-state index contributed by atoms with van der Waals surface area (Å²) in [5, 5.41) is 0. The second-order valence-electron chi connectivity index (χ2n) is 7.19. The lowest BCUT2D eigenvalue weighted by atomic mass is 9.93. The molecule has 144 valence electrons. The molecule has 0 saturated carbocycles. The van der Waals surface area contributed by atoms with Crippen molar-refractivity contribution < 1.29 is 14.3 Å². The van der Waals surface area contributed by atoms with Crippen molar-refractivity contribution in [2.75, 3.05) is 14.2 Å². The predicted molar refractivity (Wildman–Crippen MR) is 102 cm³/mol. The van der Waals surface area contributed by atoms with Crippen molar-refractivity contribution in [3.63, 3.8) is 0 Å². The maximum Gasteiger partial charge on any atom is 0.305 e. The fourth-order valence-electron chi connectivity index (χ4n) is 3.31. The molecule has 0 aliphatic heterocycles. The van der Waals surface area contributed by atoms with Gasteiger partial charge in [0.1, 0.15) is 0 Å². The van der Waals surface area contributed by atoms with Crippen molar-refractivity contribution in [2.24, 2.45) is 5.92 Å². The van der Waals surface area contributed by atoms with Crippen molar-refractivity contribution in [1.29, 1.82) is 0 Å². The van der Waals surface area contributed by atoms with Gasteiger partial charge in [0.25, 0.3) is 0 Å². The molecular formula is C21H42O3. The molecule has 0 aliphatic carbocycles. The summed E-state index contributed by atoms with van der Waals surface area (Å²) in [6, 6.07) is 0. The van der Waals surface area contributed by atoms with Gasteiger partial charge in [-0.1, -0.05) is 78.1 Å². The van der Waals surface area contributed by atoms with Crippen LogP contribution in [0, 0.1) is 5.92 Å². The van der Waals surface area contributed by atoms with Gasteiger partial charge in [-0.2, -0.15) is 0 Å². The van der Waals surface area contributed by atoms with E-state index in [1.165, 1.54) is 77.7 Å². The fourth-order valence-corrected chi connectivity index (χ4v) is 3.31. The highest BCUT2D eigenvalue weighted by Crippen LogP contribution is 2.21. The molecule has 24 heavy (non-hydrogen) atoms. The SMILES string of the molecule is CCCCCC[C@H](C)[C@H](CCCCCCCCCC(=O)OC)OC. The number of ether oxygens (including phenoxy) is 2. The zero-order valence-corrected chi connectivity index (χ0v) is 16.8. The van der Waals surface area contributed by atoms with Gasteiger partial charge < -0.3 is 9.47 Å². The zero-order valence-electron chi connectivity index (χ0n) is 16.8. The number of hydrogen-bond donors (Lipinski definition) is 0. The minimum Gasteiger partial charge on any atom is -0.469 e. The second-order valence-corrected chi connectivity index (χ2v) is 7.19. The summed E-state index contributed by atoms with van der Waals surface area (Å²) in [5.74, 6) is 0.606. The Hall–Kier alpha value is -0.570. The highest BCUT2D eigenvalue weighted by molar-refractivity contribution is 5.68. The van der Waals surface area contributed by atoms with E-state index in [1.54, 1.807) is 0 Å². The molecule has 0 N–H and O–H groups in total. The van der Waals surface area contributed by atoms with E-state index in [9.17, 15) is 4.79 Å². The van der Waals surface area contributed by atoms with Gasteiger partial charge in [-0.25, -0.2) is 0 Å². The highest BCUT2D eigenvalue weighted by atomic mass is 16.5. The van der Waals surface area contributed by atoms with Crippen LogP contribution in [0.25, 0.3) is 0 Å². The van der Waals surface area contributed by atoms with Gasteiger partial charge in [0.2, 0.25) is 0 Å². The van der Waals surface area contributed by atoms with E-state index in [0.717, 1.165) is 12.8 Å². The highest BCUT2D eigenvalue weighted by Gasteiger charge is 2.15. The molecule has 0 aromatic heterocycles. The quantitative estimate of drug-likeness (QED) is 0.230. The summed E-state index contributed by atoms with van der Waals surface area (Å²) in [7, 11) is 3.33. The number of unbranched alkanes of at least 4 members (excludes halogenated alkanes) is 9. The number of rotatable bonds is 17. The van der Waals surface area contributed by atoms with Crippen molar-refractivity contribution in [3.8, 4) is 0 Å². The molecular weight excluding hydrogens is 300 g/mol. The van der Waals surface area contributed by atoms with Crippen LogP contribution in [0.2, 0.25) is 0 Å². The fraction of sp³-hybridized carbons (Fsp3) is 0.952. The minimum atomic E-state index is -0.0792. The maximum atomic E-state index is 11.0.